The zero-order valence-corrected chi connectivity index (χ0v) is 17.2. The summed E-state index contributed by atoms with van der Waals surface area (Å²) in [6, 6.07) is 10.9. The molecule has 2 aromatic carbocycles. The van der Waals surface area contributed by atoms with Gasteiger partial charge in [0.2, 0.25) is 0 Å². The number of fused-ring (bicyclic) bond motifs is 1. The number of esters is 2. The Bertz CT molecular complexity index is 706. The molecule has 0 bridgehead atoms. The first-order chi connectivity index (χ1) is 13.7. The number of carbonyl (C=O) groups is 2. The molecule has 4 heteroatoms. The normalized spacial score (nSPS) is 10.8. The van der Waals surface area contributed by atoms with Gasteiger partial charge in [0.25, 0.3) is 0 Å². The van der Waals surface area contributed by atoms with Crippen molar-refractivity contribution in [1.82, 2.24) is 0 Å². The molecular formula is C24H32O4. The molecule has 0 aromatic heterocycles. The Hall–Kier alpha value is -2.36. The molecule has 2 rings (SSSR count). The Morgan fingerprint density at radius 2 is 1.14 bits per heavy atom. The van der Waals surface area contributed by atoms with Gasteiger partial charge in [0, 0.05) is 5.39 Å². The van der Waals surface area contributed by atoms with E-state index in [2.05, 4.69) is 13.8 Å². The maximum absolute atomic E-state index is 12.6. The lowest BCUT2D eigenvalue weighted by molar-refractivity contribution is 0.0498. The van der Waals surface area contributed by atoms with Crippen molar-refractivity contribution in [2.75, 3.05) is 13.2 Å². The van der Waals surface area contributed by atoms with Crippen LogP contribution in [0.4, 0.5) is 0 Å². The second-order valence-electron chi connectivity index (χ2n) is 7.10. The average molecular weight is 385 g/mol. The molecule has 4 nitrogen and oxygen atoms in total. The fraction of sp³-hybridized carbons (Fsp3) is 0.500. The van der Waals surface area contributed by atoms with E-state index in [9.17, 15) is 9.59 Å². The van der Waals surface area contributed by atoms with Gasteiger partial charge in [0.15, 0.2) is 0 Å². The van der Waals surface area contributed by atoms with Gasteiger partial charge >= 0.3 is 11.9 Å². The monoisotopic (exact) mass is 384 g/mol. The fourth-order valence-electron chi connectivity index (χ4n) is 3.22. The zero-order chi connectivity index (χ0) is 20.2. The molecule has 0 saturated carbocycles. The van der Waals surface area contributed by atoms with Crippen LogP contribution in [0, 0.1) is 0 Å². The van der Waals surface area contributed by atoms with Gasteiger partial charge in [-0.05, 0) is 30.4 Å². The number of hydrogen-bond acceptors (Lipinski definition) is 4. The Morgan fingerprint density at radius 1 is 0.679 bits per heavy atom. The van der Waals surface area contributed by atoms with Gasteiger partial charge in [-0.3, -0.25) is 0 Å². The van der Waals surface area contributed by atoms with Crippen LogP contribution >= 0.6 is 0 Å². The van der Waals surface area contributed by atoms with Crippen molar-refractivity contribution >= 4 is 22.7 Å². The first-order valence-electron chi connectivity index (χ1n) is 10.5. The van der Waals surface area contributed by atoms with E-state index in [1.54, 1.807) is 12.1 Å². The number of hydrogen-bond donors (Lipinski definition) is 0. The molecule has 0 aliphatic heterocycles. The van der Waals surface area contributed by atoms with E-state index >= 15 is 0 Å². The predicted molar refractivity (Wildman–Crippen MR) is 113 cm³/mol. The van der Waals surface area contributed by atoms with Crippen LogP contribution < -0.4 is 0 Å². The third-order valence-corrected chi connectivity index (χ3v) is 4.81. The number of carbonyl (C=O) groups excluding carboxylic acids is 2. The van der Waals surface area contributed by atoms with Crippen LogP contribution in [0.5, 0.6) is 0 Å². The van der Waals surface area contributed by atoms with Crippen molar-refractivity contribution in [3.05, 3.63) is 47.5 Å². The quantitative estimate of drug-likeness (QED) is 0.318. The van der Waals surface area contributed by atoms with Gasteiger partial charge in [-0.1, -0.05) is 76.6 Å². The molecule has 0 heterocycles. The Morgan fingerprint density at radius 3 is 1.57 bits per heavy atom. The largest absolute Gasteiger partial charge is 0.462 e. The lowest BCUT2D eigenvalue weighted by Gasteiger charge is -2.12. The lowest BCUT2D eigenvalue weighted by atomic mass is 9.99. The Labute approximate surface area is 168 Å². The Kier molecular flexibility index (Phi) is 9.53. The molecule has 2 aromatic rings. The first-order valence-corrected chi connectivity index (χ1v) is 10.5. The highest BCUT2D eigenvalue weighted by atomic mass is 16.5. The molecule has 152 valence electrons. The fourth-order valence-corrected chi connectivity index (χ4v) is 3.22. The highest BCUT2D eigenvalue weighted by molar-refractivity contribution is 6.13. The topological polar surface area (TPSA) is 52.6 Å². The average Bonchev–Trinajstić information content (AvgIpc) is 2.72. The van der Waals surface area contributed by atoms with E-state index in [1.165, 1.54) is 0 Å². The molecular weight excluding hydrogens is 352 g/mol. The number of benzene rings is 2. The van der Waals surface area contributed by atoms with Crippen LogP contribution in [-0.4, -0.2) is 25.2 Å². The molecule has 0 fully saturated rings. The van der Waals surface area contributed by atoms with E-state index in [4.69, 9.17) is 9.47 Å². The van der Waals surface area contributed by atoms with Gasteiger partial charge in [-0.2, -0.15) is 0 Å². The van der Waals surface area contributed by atoms with Crippen LogP contribution in [0.25, 0.3) is 10.8 Å². The SMILES string of the molecule is CCCCCCOC(=O)c1cccc2cccc(C(=O)OCCCCCC)c12. The summed E-state index contributed by atoms with van der Waals surface area (Å²) in [6.45, 7) is 5.09. The zero-order valence-electron chi connectivity index (χ0n) is 17.2. The summed E-state index contributed by atoms with van der Waals surface area (Å²) >= 11 is 0. The molecule has 0 radical (unpaired) electrons. The molecule has 0 saturated heterocycles. The minimum Gasteiger partial charge on any atom is -0.462 e. The highest BCUT2D eigenvalue weighted by Crippen LogP contribution is 2.25. The molecule has 0 aliphatic rings. The second kappa shape index (κ2) is 12.2. The summed E-state index contributed by atoms with van der Waals surface area (Å²) < 4.78 is 10.9. The second-order valence-corrected chi connectivity index (χ2v) is 7.10. The molecule has 0 atom stereocenters. The third kappa shape index (κ3) is 6.36. The van der Waals surface area contributed by atoms with Crippen molar-refractivity contribution in [1.29, 1.82) is 0 Å². The minimum atomic E-state index is -0.384. The number of rotatable bonds is 12. The standard InChI is InChI=1S/C24H32O4/c1-3-5-7-9-17-27-23(25)20-15-11-13-19-14-12-16-21(22(19)20)24(26)28-18-10-8-6-4-2/h11-16H,3-10,17-18H2,1-2H3. The summed E-state index contributed by atoms with van der Waals surface area (Å²) in [7, 11) is 0. The maximum atomic E-state index is 12.6. The van der Waals surface area contributed by atoms with Crippen molar-refractivity contribution in [2.24, 2.45) is 0 Å². The number of unbranched alkanes of at least 4 members (excludes halogenated alkanes) is 6. The van der Waals surface area contributed by atoms with Gasteiger partial charge in [-0.15, -0.1) is 0 Å². The van der Waals surface area contributed by atoms with Crippen molar-refractivity contribution in [3.63, 3.8) is 0 Å². The van der Waals surface area contributed by atoms with E-state index in [1.807, 2.05) is 24.3 Å². The smallest absolute Gasteiger partial charge is 0.338 e. The summed E-state index contributed by atoms with van der Waals surface area (Å²) in [4.78, 5) is 25.2. The van der Waals surface area contributed by atoms with E-state index in [0.717, 1.165) is 56.8 Å². The van der Waals surface area contributed by atoms with E-state index in [-0.39, 0.29) is 11.9 Å². The van der Waals surface area contributed by atoms with Gasteiger partial charge in [-0.25, -0.2) is 9.59 Å². The van der Waals surface area contributed by atoms with Crippen molar-refractivity contribution < 1.29 is 19.1 Å². The summed E-state index contributed by atoms with van der Waals surface area (Å²) in [5.74, 6) is -0.768. The van der Waals surface area contributed by atoms with Crippen LogP contribution in [0.15, 0.2) is 36.4 Å². The predicted octanol–water partition coefficient (Wildman–Crippen LogP) is 6.31. The molecule has 28 heavy (non-hydrogen) atoms. The van der Waals surface area contributed by atoms with Crippen LogP contribution in [0.3, 0.4) is 0 Å². The molecule has 0 unspecified atom stereocenters. The van der Waals surface area contributed by atoms with Gasteiger partial charge < -0.3 is 9.47 Å². The van der Waals surface area contributed by atoms with E-state index in [0.29, 0.717) is 29.7 Å². The minimum absolute atomic E-state index is 0.384. The molecule has 0 amide bonds. The van der Waals surface area contributed by atoms with Crippen molar-refractivity contribution in [2.45, 2.75) is 65.2 Å². The van der Waals surface area contributed by atoms with Gasteiger partial charge in [0.1, 0.15) is 0 Å². The van der Waals surface area contributed by atoms with E-state index < -0.39 is 0 Å². The summed E-state index contributed by atoms with van der Waals surface area (Å²) in [6.07, 6.45) is 8.38. The lowest BCUT2D eigenvalue weighted by Crippen LogP contribution is -2.11. The number of ether oxygens (including phenoxy) is 2. The Balaban J connectivity index is 2.12. The van der Waals surface area contributed by atoms with Crippen LogP contribution in [-0.2, 0) is 9.47 Å². The first kappa shape index (κ1) is 21.9. The molecule has 0 aliphatic carbocycles. The van der Waals surface area contributed by atoms with Crippen molar-refractivity contribution in [3.8, 4) is 0 Å². The summed E-state index contributed by atoms with van der Waals surface area (Å²) in [5, 5.41) is 1.45. The molecule has 0 N–H and O–H groups in total. The maximum Gasteiger partial charge on any atom is 0.338 e. The van der Waals surface area contributed by atoms with Crippen LogP contribution in [0.1, 0.15) is 85.9 Å². The highest BCUT2D eigenvalue weighted by Gasteiger charge is 2.18. The van der Waals surface area contributed by atoms with Gasteiger partial charge in [0.05, 0.1) is 24.3 Å². The molecule has 0 spiro atoms. The summed E-state index contributed by atoms with van der Waals surface area (Å²) in [5.41, 5.74) is 0.845. The van der Waals surface area contributed by atoms with Crippen LogP contribution in [0.2, 0.25) is 0 Å². The third-order valence-electron chi connectivity index (χ3n) is 4.81.